The lowest BCUT2D eigenvalue weighted by molar-refractivity contribution is 0.396. The van der Waals surface area contributed by atoms with Crippen molar-refractivity contribution in [2.24, 2.45) is 5.73 Å². The fourth-order valence-corrected chi connectivity index (χ4v) is 3.93. The molecule has 0 radical (unpaired) electrons. The first-order chi connectivity index (χ1) is 9.10. The molecule has 0 saturated heterocycles. The van der Waals surface area contributed by atoms with Crippen LogP contribution >= 0.6 is 0 Å². The molecule has 2 aliphatic rings. The first kappa shape index (κ1) is 13.0. The molecule has 104 valence electrons. The van der Waals surface area contributed by atoms with E-state index in [-0.39, 0.29) is 11.5 Å². The van der Waals surface area contributed by atoms with Gasteiger partial charge in [0.25, 0.3) is 0 Å². The summed E-state index contributed by atoms with van der Waals surface area (Å²) in [6.45, 7) is 4.43. The largest absolute Gasteiger partial charge is 0.496 e. The highest BCUT2D eigenvalue weighted by Gasteiger charge is 2.50. The molecule has 1 unspecified atom stereocenters. The highest BCUT2D eigenvalue weighted by Crippen LogP contribution is 2.55. The van der Waals surface area contributed by atoms with Crippen LogP contribution in [0.15, 0.2) is 6.07 Å². The normalized spacial score (nSPS) is 21.7. The van der Waals surface area contributed by atoms with Crippen molar-refractivity contribution in [3.8, 4) is 5.75 Å². The summed E-state index contributed by atoms with van der Waals surface area (Å²) >= 11 is 0. The first-order valence-electron chi connectivity index (χ1n) is 7.55. The average Bonchev–Trinajstić information content (AvgIpc) is 3.20. The van der Waals surface area contributed by atoms with Gasteiger partial charge in [-0.25, -0.2) is 0 Å². The lowest BCUT2D eigenvalue weighted by Crippen LogP contribution is -2.33. The molecule has 0 aliphatic heterocycles. The van der Waals surface area contributed by atoms with Crippen molar-refractivity contribution in [2.75, 3.05) is 7.11 Å². The summed E-state index contributed by atoms with van der Waals surface area (Å²) in [5, 5.41) is 0. The Balaban J connectivity index is 2.18. The second-order valence-electron chi connectivity index (χ2n) is 6.37. The van der Waals surface area contributed by atoms with Crippen LogP contribution in [-0.4, -0.2) is 13.2 Å². The van der Waals surface area contributed by atoms with E-state index in [0.717, 1.165) is 5.75 Å². The van der Waals surface area contributed by atoms with Crippen molar-refractivity contribution < 1.29 is 4.74 Å². The van der Waals surface area contributed by atoms with Gasteiger partial charge in [0.1, 0.15) is 5.75 Å². The van der Waals surface area contributed by atoms with Crippen LogP contribution in [0.2, 0.25) is 0 Å². The standard InChI is InChI=1S/C17H25NO/c1-11-14-7-5-4-6-13(14)10-15(19-3)16(11)17(8-9-17)12(2)18/h10,12H,4-9,18H2,1-3H3. The zero-order valence-corrected chi connectivity index (χ0v) is 12.4. The van der Waals surface area contributed by atoms with Crippen LogP contribution in [0.5, 0.6) is 5.75 Å². The van der Waals surface area contributed by atoms with Gasteiger partial charge in [-0.05, 0) is 75.1 Å². The molecule has 0 bridgehead atoms. The Labute approximate surface area is 116 Å². The first-order valence-corrected chi connectivity index (χ1v) is 7.55. The molecule has 0 aromatic heterocycles. The van der Waals surface area contributed by atoms with Gasteiger partial charge in [0.15, 0.2) is 0 Å². The third-order valence-corrected chi connectivity index (χ3v) is 5.27. The second-order valence-corrected chi connectivity index (χ2v) is 6.37. The third-order valence-electron chi connectivity index (χ3n) is 5.27. The fourth-order valence-electron chi connectivity index (χ4n) is 3.93. The molecule has 0 amide bonds. The molecule has 2 nitrogen and oxygen atoms in total. The molecule has 2 N–H and O–H groups in total. The Morgan fingerprint density at radius 3 is 2.53 bits per heavy atom. The van der Waals surface area contributed by atoms with Gasteiger partial charge in [-0.3, -0.25) is 0 Å². The second kappa shape index (κ2) is 4.52. The maximum absolute atomic E-state index is 6.28. The van der Waals surface area contributed by atoms with Gasteiger partial charge in [-0.1, -0.05) is 0 Å². The number of hydrogen-bond acceptors (Lipinski definition) is 2. The van der Waals surface area contributed by atoms with Crippen molar-refractivity contribution in [1.29, 1.82) is 0 Å². The third kappa shape index (κ3) is 1.88. The SMILES string of the molecule is COc1cc2c(c(C)c1C1(C(C)N)CC1)CCCC2. The Kier molecular flexibility index (Phi) is 3.09. The number of fused-ring (bicyclic) bond motifs is 1. The van der Waals surface area contributed by atoms with Crippen molar-refractivity contribution >= 4 is 0 Å². The fraction of sp³-hybridized carbons (Fsp3) is 0.647. The quantitative estimate of drug-likeness (QED) is 0.904. The molecule has 0 heterocycles. The zero-order chi connectivity index (χ0) is 13.6. The highest BCUT2D eigenvalue weighted by molar-refractivity contribution is 5.56. The molecular formula is C17H25NO. The number of aryl methyl sites for hydroxylation is 1. The topological polar surface area (TPSA) is 35.2 Å². The van der Waals surface area contributed by atoms with Crippen LogP contribution in [0.25, 0.3) is 0 Å². The van der Waals surface area contributed by atoms with Crippen molar-refractivity contribution in [3.05, 3.63) is 28.3 Å². The number of benzene rings is 1. The van der Waals surface area contributed by atoms with Gasteiger partial charge in [0, 0.05) is 17.0 Å². The van der Waals surface area contributed by atoms with Gasteiger partial charge in [0.2, 0.25) is 0 Å². The number of nitrogens with two attached hydrogens (primary N) is 1. The van der Waals surface area contributed by atoms with E-state index in [1.54, 1.807) is 12.7 Å². The van der Waals surface area contributed by atoms with Crippen molar-refractivity contribution in [1.82, 2.24) is 0 Å². The van der Waals surface area contributed by atoms with Gasteiger partial charge in [0.05, 0.1) is 7.11 Å². The Morgan fingerprint density at radius 2 is 1.95 bits per heavy atom. The van der Waals surface area contributed by atoms with E-state index in [2.05, 4.69) is 19.9 Å². The number of methoxy groups -OCH3 is 1. The molecule has 3 rings (SSSR count). The van der Waals surface area contributed by atoms with E-state index in [9.17, 15) is 0 Å². The van der Waals surface area contributed by atoms with E-state index in [0.29, 0.717) is 0 Å². The Morgan fingerprint density at radius 1 is 1.26 bits per heavy atom. The van der Waals surface area contributed by atoms with Crippen LogP contribution in [0, 0.1) is 6.92 Å². The van der Waals surface area contributed by atoms with Crippen LogP contribution in [-0.2, 0) is 18.3 Å². The summed E-state index contributed by atoms with van der Waals surface area (Å²) in [7, 11) is 1.80. The lowest BCUT2D eigenvalue weighted by Gasteiger charge is -2.29. The molecule has 1 aromatic carbocycles. The van der Waals surface area contributed by atoms with Crippen molar-refractivity contribution in [3.63, 3.8) is 0 Å². The highest BCUT2D eigenvalue weighted by atomic mass is 16.5. The summed E-state index contributed by atoms with van der Waals surface area (Å²) in [6, 6.07) is 2.50. The van der Waals surface area contributed by atoms with Crippen molar-refractivity contribution in [2.45, 2.75) is 63.8 Å². The number of ether oxygens (including phenoxy) is 1. The summed E-state index contributed by atoms with van der Waals surface area (Å²) in [4.78, 5) is 0. The molecule has 1 fully saturated rings. The molecule has 1 saturated carbocycles. The van der Waals surface area contributed by atoms with E-state index in [4.69, 9.17) is 10.5 Å². The van der Waals surface area contributed by atoms with Gasteiger partial charge in [-0.15, -0.1) is 0 Å². The summed E-state index contributed by atoms with van der Waals surface area (Å²) in [6.07, 6.45) is 7.49. The minimum atomic E-state index is 0.182. The summed E-state index contributed by atoms with van der Waals surface area (Å²) < 4.78 is 5.71. The van der Waals surface area contributed by atoms with Crippen LogP contribution in [0.3, 0.4) is 0 Å². The predicted molar refractivity (Wildman–Crippen MR) is 78.9 cm³/mol. The zero-order valence-electron chi connectivity index (χ0n) is 12.4. The number of hydrogen-bond donors (Lipinski definition) is 1. The summed E-state index contributed by atoms with van der Waals surface area (Å²) in [5.74, 6) is 1.08. The molecular weight excluding hydrogens is 234 g/mol. The molecule has 0 spiro atoms. The van der Waals surface area contributed by atoms with Gasteiger partial charge in [-0.2, -0.15) is 0 Å². The van der Waals surface area contributed by atoms with E-state index >= 15 is 0 Å². The van der Waals surface area contributed by atoms with E-state index < -0.39 is 0 Å². The van der Waals surface area contributed by atoms with Gasteiger partial charge < -0.3 is 10.5 Å². The lowest BCUT2D eigenvalue weighted by atomic mass is 9.79. The van der Waals surface area contributed by atoms with Crippen LogP contribution in [0.4, 0.5) is 0 Å². The average molecular weight is 259 g/mol. The smallest absolute Gasteiger partial charge is 0.123 e. The van der Waals surface area contributed by atoms with E-state index in [1.165, 1.54) is 55.2 Å². The van der Waals surface area contributed by atoms with Gasteiger partial charge >= 0.3 is 0 Å². The van der Waals surface area contributed by atoms with Crippen LogP contribution < -0.4 is 10.5 Å². The Bertz CT molecular complexity index is 500. The minimum Gasteiger partial charge on any atom is -0.496 e. The minimum absolute atomic E-state index is 0.182. The Hall–Kier alpha value is -1.02. The summed E-state index contributed by atoms with van der Waals surface area (Å²) in [5.41, 5.74) is 12.4. The molecule has 19 heavy (non-hydrogen) atoms. The molecule has 1 atom stereocenters. The maximum Gasteiger partial charge on any atom is 0.123 e. The molecule has 2 aliphatic carbocycles. The maximum atomic E-state index is 6.28. The van der Waals surface area contributed by atoms with E-state index in [1.807, 2.05) is 0 Å². The van der Waals surface area contributed by atoms with Crippen LogP contribution in [0.1, 0.15) is 54.9 Å². The predicted octanol–water partition coefficient (Wildman–Crippen LogP) is 3.26. The molecule has 1 aromatic rings. The molecule has 2 heteroatoms. The monoisotopic (exact) mass is 259 g/mol. The number of rotatable bonds is 3.